The molecule has 6 rings (SSSR count). The predicted octanol–water partition coefficient (Wildman–Crippen LogP) is 8.74. The Hall–Kier alpha value is -3.99. The Labute approximate surface area is 235 Å². The van der Waals surface area contributed by atoms with E-state index in [1.807, 2.05) is 62.4 Å². The molecule has 0 unspecified atom stereocenters. The lowest BCUT2D eigenvalue weighted by Crippen LogP contribution is -2.16. The van der Waals surface area contributed by atoms with Crippen molar-refractivity contribution in [1.29, 1.82) is 0 Å². The van der Waals surface area contributed by atoms with Crippen LogP contribution in [0.15, 0.2) is 71.3 Å². The molecular formula is C29H22N2O5S3. The third-order valence-electron chi connectivity index (χ3n) is 6.35. The number of hydrogen-bond acceptors (Lipinski definition) is 8. The number of carbonyl (C=O) groups excluding carboxylic acids is 1. The third-order valence-corrected chi connectivity index (χ3v) is 9.81. The van der Waals surface area contributed by atoms with Crippen molar-refractivity contribution < 1.29 is 23.8 Å². The Balaban J connectivity index is 1.24. The number of thiophene rings is 2. The maximum absolute atomic E-state index is 12.7. The molecule has 4 aromatic heterocycles. The van der Waals surface area contributed by atoms with Crippen LogP contribution in [-0.4, -0.2) is 21.5 Å². The minimum atomic E-state index is -0.890. The van der Waals surface area contributed by atoms with E-state index in [1.165, 1.54) is 17.8 Å². The molecule has 0 aliphatic heterocycles. The molecular weight excluding hydrogens is 553 g/mol. The molecule has 0 saturated heterocycles. The number of carboxylic acid groups (broad SMARTS) is 1. The molecule has 0 aliphatic carbocycles. The molecule has 7 nitrogen and oxygen atoms in total. The molecule has 2 aromatic carbocycles. The fourth-order valence-electron chi connectivity index (χ4n) is 4.39. The zero-order valence-electron chi connectivity index (χ0n) is 20.9. The van der Waals surface area contributed by atoms with Gasteiger partial charge in [0.05, 0.1) is 33.8 Å². The molecule has 2 N–H and O–H groups in total. The molecule has 39 heavy (non-hydrogen) atoms. The van der Waals surface area contributed by atoms with Crippen LogP contribution in [0.3, 0.4) is 0 Å². The summed E-state index contributed by atoms with van der Waals surface area (Å²) in [7, 11) is 0. The van der Waals surface area contributed by atoms with E-state index < -0.39 is 12.1 Å². The number of carboxylic acids is 1. The standard InChI is InChI=1S/C29H22N2O5S3/c1-15-27(30-29(34)36-16(2)17-6-4-3-5-7-17)28(39-31-15)25-13-24-23(38-25)12-22(37-24)18-8-9-21-20(10-18)19(14-35-21)11-26(32)33/h3-10,12-14,16H,11H2,1-2H3,(H,30,34)(H,32,33)/t16-/m1/s1. The minimum Gasteiger partial charge on any atom is -0.481 e. The summed E-state index contributed by atoms with van der Waals surface area (Å²) in [6.45, 7) is 3.71. The Morgan fingerprint density at radius 2 is 1.79 bits per heavy atom. The summed E-state index contributed by atoms with van der Waals surface area (Å²) in [5, 5.41) is 12.9. The van der Waals surface area contributed by atoms with Crippen molar-refractivity contribution in [3.63, 3.8) is 0 Å². The number of aliphatic carboxylic acids is 1. The second kappa shape index (κ2) is 10.3. The zero-order valence-corrected chi connectivity index (χ0v) is 23.3. The fourth-order valence-corrected chi connectivity index (χ4v) is 7.73. The zero-order chi connectivity index (χ0) is 27.1. The number of rotatable bonds is 7. The molecule has 1 atom stereocenters. The number of aryl methyl sites for hydroxylation is 1. The number of anilines is 1. The smallest absolute Gasteiger partial charge is 0.412 e. The maximum atomic E-state index is 12.7. The van der Waals surface area contributed by atoms with Crippen molar-refractivity contribution in [3.8, 4) is 20.2 Å². The average Bonchev–Trinajstić information content (AvgIpc) is 3.68. The first-order valence-corrected chi connectivity index (χ1v) is 14.5. The van der Waals surface area contributed by atoms with Crippen LogP contribution < -0.4 is 5.32 Å². The Bertz CT molecular complexity index is 1800. The van der Waals surface area contributed by atoms with Crippen molar-refractivity contribution in [1.82, 2.24) is 4.37 Å². The molecule has 0 bridgehead atoms. The Kier molecular flexibility index (Phi) is 6.68. The number of nitrogens with zero attached hydrogens (tertiary/aromatic N) is 1. The van der Waals surface area contributed by atoms with E-state index in [4.69, 9.17) is 9.15 Å². The van der Waals surface area contributed by atoms with E-state index in [9.17, 15) is 14.7 Å². The number of amides is 1. The molecule has 0 saturated carbocycles. The van der Waals surface area contributed by atoms with Crippen molar-refractivity contribution >= 4 is 72.3 Å². The SMILES string of the molecule is Cc1nsc(-c2cc3sc(-c4ccc5occ(CC(=O)O)c5c4)cc3s2)c1NC(=O)O[C@H](C)c1ccccc1. The van der Waals surface area contributed by atoms with Crippen molar-refractivity contribution in [2.24, 2.45) is 0 Å². The molecule has 0 fully saturated rings. The van der Waals surface area contributed by atoms with Crippen LogP contribution in [0.5, 0.6) is 0 Å². The lowest BCUT2D eigenvalue weighted by molar-refractivity contribution is -0.136. The van der Waals surface area contributed by atoms with Crippen LogP contribution >= 0.6 is 34.2 Å². The van der Waals surface area contributed by atoms with Crippen LogP contribution in [0.25, 0.3) is 40.6 Å². The van der Waals surface area contributed by atoms with Crippen LogP contribution in [-0.2, 0) is 16.0 Å². The number of ether oxygens (including phenoxy) is 1. The summed E-state index contributed by atoms with van der Waals surface area (Å²) in [5.41, 5.74) is 4.67. The highest BCUT2D eigenvalue weighted by molar-refractivity contribution is 7.32. The number of benzene rings is 2. The molecule has 0 radical (unpaired) electrons. The van der Waals surface area contributed by atoms with Gasteiger partial charge >= 0.3 is 12.1 Å². The van der Waals surface area contributed by atoms with Crippen LogP contribution in [0.4, 0.5) is 10.5 Å². The van der Waals surface area contributed by atoms with E-state index in [2.05, 4.69) is 21.8 Å². The summed E-state index contributed by atoms with van der Waals surface area (Å²) >= 11 is 4.66. The fraction of sp³-hybridized carbons (Fsp3) is 0.138. The number of nitrogens with one attached hydrogen (secondary N) is 1. The summed E-state index contributed by atoms with van der Waals surface area (Å²) in [6, 6.07) is 19.7. The highest BCUT2D eigenvalue weighted by atomic mass is 32.1. The molecule has 10 heteroatoms. The van der Waals surface area contributed by atoms with Crippen molar-refractivity contribution in [2.75, 3.05) is 5.32 Å². The molecule has 4 heterocycles. The monoisotopic (exact) mass is 574 g/mol. The normalized spacial score (nSPS) is 12.2. The lowest BCUT2D eigenvalue weighted by atomic mass is 10.1. The second-order valence-corrected chi connectivity index (χ2v) is 12.0. The second-order valence-electron chi connectivity index (χ2n) is 9.05. The number of aromatic nitrogens is 1. The van der Waals surface area contributed by atoms with Crippen LogP contribution in [0, 0.1) is 6.92 Å². The molecule has 1 amide bonds. The van der Waals surface area contributed by atoms with Gasteiger partial charge in [-0.15, -0.1) is 22.7 Å². The summed E-state index contributed by atoms with van der Waals surface area (Å²) < 4.78 is 17.9. The first-order chi connectivity index (χ1) is 18.9. The summed E-state index contributed by atoms with van der Waals surface area (Å²) in [5.74, 6) is -0.890. The topological polar surface area (TPSA) is 102 Å². The van der Waals surface area contributed by atoms with E-state index in [0.29, 0.717) is 16.8 Å². The van der Waals surface area contributed by atoms with Gasteiger partial charge in [-0.3, -0.25) is 10.1 Å². The van der Waals surface area contributed by atoms with E-state index in [0.717, 1.165) is 46.2 Å². The molecule has 0 aliphatic rings. The predicted molar refractivity (Wildman–Crippen MR) is 157 cm³/mol. The number of fused-ring (bicyclic) bond motifs is 2. The lowest BCUT2D eigenvalue weighted by Gasteiger charge is -2.14. The first-order valence-electron chi connectivity index (χ1n) is 12.1. The number of carbonyl (C=O) groups is 2. The van der Waals surface area contributed by atoms with Gasteiger partial charge in [-0.1, -0.05) is 30.3 Å². The third kappa shape index (κ3) is 5.06. The number of furan rings is 1. The maximum Gasteiger partial charge on any atom is 0.412 e. The summed E-state index contributed by atoms with van der Waals surface area (Å²) in [6.07, 6.45) is 0.535. The van der Waals surface area contributed by atoms with Gasteiger partial charge in [0.25, 0.3) is 0 Å². The quantitative estimate of drug-likeness (QED) is 0.198. The number of hydrogen-bond donors (Lipinski definition) is 2. The van der Waals surface area contributed by atoms with E-state index in [-0.39, 0.29) is 12.5 Å². The van der Waals surface area contributed by atoms with E-state index >= 15 is 0 Å². The average molecular weight is 575 g/mol. The van der Waals surface area contributed by atoms with Gasteiger partial charge in [0.15, 0.2) is 0 Å². The van der Waals surface area contributed by atoms with Crippen LogP contribution in [0.1, 0.15) is 29.8 Å². The van der Waals surface area contributed by atoms with Gasteiger partial charge in [0.2, 0.25) is 0 Å². The van der Waals surface area contributed by atoms with Gasteiger partial charge in [-0.2, -0.15) is 4.37 Å². The van der Waals surface area contributed by atoms with Crippen molar-refractivity contribution in [2.45, 2.75) is 26.4 Å². The molecule has 6 aromatic rings. The molecule has 196 valence electrons. The van der Waals surface area contributed by atoms with Crippen molar-refractivity contribution in [3.05, 3.63) is 83.7 Å². The van der Waals surface area contributed by atoms with Gasteiger partial charge in [-0.25, -0.2) is 4.79 Å². The minimum absolute atomic E-state index is 0.0807. The van der Waals surface area contributed by atoms with E-state index in [1.54, 1.807) is 22.7 Å². The highest BCUT2D eigenvalue weighted by Gasteiger charge is 2.21. The highest BCUT2D eigenvalue weighted by Crippen LogP contribution is 2.46. The summed E-state index contributed by atoms with van der Waals surface area (Å²) in [4.78, 5) is 26.9. The first kappa shape index (κ1) is 25.3. The van der Waals surface area contributed by atoms with Gasteiger partial charge < -0.3 is 14.3 Å². The molecule has 0 spiro atoms. The Morgan fingerprint density at radius 1 is 1.05 bits per heavy atom. The van der Waals surface area contributed by atoms with Gasteiger partial charge in [0, 0.05) is 25.2 Å². The van der Waals surface area contributed by atoms with Gasteiger partial charge in [-0.05, 0) is 66.8 Å². The Morgan fingerprint density at radius 3 is 2.56 bits per heavy atom. The van der Waals surface area contributed by atoms with Gasteiger partial charge in [0.1, 0.15) is 11.7 Å². The largest absolute Gasteiger partial charge is 0.481 e. The van der Waals surface area contributed by atoms with Crippen LogP contribution in [0.2, 0.25) is 0 Å².